The van der Waals surface area contributed by atoms with Gasteiger partial charge in [0, 0.05) is 5.56 Å². The number of nitrogens with zero attached hydrogens (tertiary/aromatic N) is 1. The average molecular weight is 232 g/mol. The monoisotopic (exact) mass is 231 g/mol. The van der Waals surface area contributed by atoms with E-state index in [4.69, 9.17) is 17.3 Å². The van der Waals surface area contributed by atoms with Crippen LogP contribution in [0.4, 0.5) is 4.39 Å². The van der Waals surface area contributed by atoms with Gasteiger partial charge in [0.1, 0.15) is 0 Å². The Labute approximate surface area is 90.7 Å². The minimum absolute atomic E-state index is 0.0173. The fourth-order valence-corrected chi connectivity index (χ4v) is 1.02. The fraction of sp³-hybridized carbons (Fsp3) is 0. The SMILES string of the molecule is NC(=S)NN=Cc1cccc(Cl)c1F. The molecule has 0 atom stereocenters. The van der Waals surface area contributed by atoms with Crippen LogP contribution in [0.2, 0.25) is 5.02 Å². The van der Waals surface area contributed by atoms with Crippen molar-refractivity contribution in [3.05, 3.63) is 34.6 Å². The van der Waals surface area contributed by atoms with Gasteiger partial charge in [0.15, 0.2) is 10.9 Å². The van der Waals surface area contributed by atoms with Crippen molar-refractivity contribution in [3.63, 3.8) is 0 Å². The summed E-state index contributed by atoms with van der Waals surface area (Å²) in [5, 5.41) is 3.67. The topological polar surface area (TPSA) is 50.4 Å². The van der Waals surface area contributed by atoms with Crippen molar-refractivity contribution in [1.29, 1.82) is 0 Å². The van der Waals surface area contributed by atoms with E-state index in [0.29, 0.717) is 0 Å². The predicted molar refractivity (Wildman–Crippen MR) is 58.9 cm³/mol. The molecule has 3 N–H and O–H groups in total. The van der Waals surface area contributed by atoms with Gasteiger partial charge in [-0.3, -0.25) is 5.43 Å². The zero-order valence-electron chi connectivity index (χ0n) is 7.00. The molecule has 14 heavy (non-hydrogen) atoms. The van der Waals surface area contributed by atoms with Crippen molar-refractivity contribution in [2.45, 2.75) is 0 Å². The minimum atomic E-state index is -0.525. The highest BCUT2D eigenvalue weighted by Gasteiger charge is 2.02. The molecule has 0 aliphatic heterocycles. The van der Waals surface area contributed by atoms with Crippen LogP contribution in [0.5, 0.6) is 0 Å². The van der Waals surface area contributed by atoms with Crippen LogP contribution in [0.15, 0.2) is 23.3 Å². The van der Waals surface area contributed by atoms with Crippen molar-refractivity contribution in [3.8, 4) is 0 Å². The summed E-state index contributed by atoms with van der Waals surface area (Å²) in [7, 11) is 0. The average Bonchev–Trinajstić information content (AvgIpc) is 2.12. The molecule has 0 saturated heterocycles. The van der Waals surface area contributed by atoms with Crippen molar-refractivity contribution in [2.24, 2.45) is 10.8 Å². The molecule has 0 aromatic heterocycles. The maximum Gasteiger partial charge on any atom is 0.184 e. The number of hydrogen-bond donors (Lipinski definition) is 2. The first-order valence-corrected chi connectivity index (χ1v) is 4.42. The lowest BCUT2D eigenvalue weighted by atomic mass is 10.2. The Balaban J connectivity index is 2.81. The van der Waals surface area contributed by atoms with E-state index in [9.17, 15) is 4.39 Å². The molecule has 0 heterocycles. The van der Waals surface area contributed by atoms with Gasteiger partial charge in [0.05, 0.1) is 11.2 Å². The largest absolute Gasteiger partial charge is 0.375 e. The predicted octanol–water partition coefficient (Wildman–Crippen LogP) is 1.65. The van der Waals surface area contributed by atoms with Gasteiger partial charge in [0.2, 0.25) is 0 Å². The van der Waals surface area contributed by atoms with Gasteiger partial charge < -0.3 is 5.73 Å². The smallest absolute Gasteiger partial charge is 0.184 e. The van der Waals surface area contributed by atoms with Crippen LogP contribution in [0.25, 0.3) is 0 Å². The van der Waals surface area contributed by atoms with E-state index in [0.717, 1.165) is 0 Å². The Bertz CT molecular complexity index is 381. The highest BCUT2D eigenvalue weighted by Crippen LogP contribution is 2.15. The van der Waals surface area contributed by atoms with E-state index in [-0.39, 0.29) is 15.7 Å². The summed E-state index contributed by atoms with van der Waals surface area (Å²) < 4.78 is 13.2. The molecule has 1 aromatic carbocycles. The van der Waals surface area contributed by atoms with E-state index in [1.807, 2.05) is 0 Å². The van der Waals surface area contributed by atoms with Gasteiger partial charge in [-0.25, -0.2) is 4.39 Å². The lowest BCUT2D eigenvalue weighted by molar-refractivity contribution is 0.626. The highest BCUT2D eigenvalue weighted by atomic mass is 35.5. The summed E-state index contributed by atoms with van der Waals surface area (Å²) in [5.41, 5.74) is 7.69. The highest BCUT2D eigenvalue weighted by molar-refractivity contribution is 7.80. The Morgan fingerprint density at radius 3 is 3.00 bits per heavy atom. The molecule has 1 aromatic rings. The van der Waals surface area contributed by atoms with Crippen LogP contribution in [0.3, 0.4) is 0 Å². The minimum Gasteiger partial charge on any atom is -0.375 e. The second-order valence-electron chi connectivity index (χ2n) is 2.38. The summed E-state index contributed by atoms with van der Waals surface area (Å²) in [4.78, 5) is 0. The molecule has 74 valence electrons. The third kappa shape index (κ3) is 2.93. The number of benzene rings is 1. The summed E-state index contributed by atoms with van der Waals surface area (Å²) in [6, 6.07) is 4.61. The molecule has 1 rings (SSSR count). The van der Waals surface area contributed by atoms with Crippen LogP contribution in [-0.2, 0) is 0 Å². The zero-order chi connectivity index (χ0) is 10.6. The van der Waals surface area contributed by atoms with Crippen LogP contribution in [-0.4, -0.2) is 11.3 Å². The van der Waals surface area contributed by atoms with Gasteiger partial charge in [-0.2, -0.15) is 5.10 Å². The number of rotatable bonds is 2. The molecule has 0 aliphatic rings. The lowest BCUT2D eigenvalue weighted by Gasteiger charge is -1.98. The van der Waals surface area contributed by atoms with Gasteiger partial charge >= 0.3 is 0 Å². The normalized spacial score (nSPS) is 10.4. The zero-order valence-corrected chi connectivity index (χ0v) is 8.57. The fourth-order valence-electron chi connectivity index (χ4n) is 0.786. The van der Waals surface area contributed by atoms with Crippen LogP contribution >= 0.6 is 23.8 Å². The van der Waals surface area contributed by atoms with Crippen molar-refractivity contribution in [2.75, 3.05) is 0 Å². The molecule has 0 aliphatic carbocycles. The van der Waals surface area contributed by atoms with E-state index >= 15 is 0 Å². The molecule has 0 fully saturated rings. The molecule has 0 radical (unpaired) electrons. The lowest BCUT2D eigenvalue weighted by Crippen LogP contribution is -2.24. The maximum absolute atomic E-state index is 13.2. The van der Waals surface area contributed by atoms with Crippen molar-refractivity contribution < 1.29 is 4.39 Å². The molecule has 0 spiro atoms. The van der Waals surface area contributed by atoms with Gasteiger partial charge in [-0.05, 0) is 18.3 Å². The third-order valence-corrected chi connectivity index (χ3v) is 1.74. The quantitative estimate of drug-likeness (QED) is 0.462. The number of hydrogen-bond acceptors (Lipinski definition) is 2. The van der Waals surface area contributed by atoms with Gasteiger partial charge in [-0.15, -0.1) is 0 Å². The molecule has 0 bridgehead atoms. The van der Waals surface area contributed by atoms with Crippen LogP contribution in [0.1, 0.15) is 5.56 Å². The first-order chi connectivity index (χ1) is 6.61. The van der Waals surface area contributed by atoms with E-state index in [1.165, 1.54) is 18.3 Å². The third-order valence-electron chi connectivity index (χ3n) is 1.36. The molecular formula is C8H7ClFN3S. The summed E-state index contributed by atoms with van der Waals surface area (Å²) in [6.45, 7) is 0. The van der Waals surface area contributed by atoms with Gasteiger partial charge in [0.25, 0.3) is 0 Å². The Morgan fingerprint density at radius 2 is 2.36 bits per heavy atom. The Kier molecular flexibility index (Phi) is 3.79. The maximum atomic E-state index is 13.2. The number of halogens is 2. The Morgan fingerprint density at radius 1 is 1.64 bits per heavy atom. The summed E-state index contributed by atoms with van der Waals surface area (Å²) >= 11 is 10.1. The molecular weight excluding hydrogens is 225 g/mol. The van der Waals surface area contributed by atoms with E-state index < -0.39 is 5.82 Å². The standard InChI is InChI=1S/C8H7ClFN3S/c9-6-3-1-2-5(7(6)10)4-12-13-8(11)14/h1-4H,(H3,11,13,14). The van der Waals surface area contributed by atoms with E-state index in [1.54, 1.807) is 6.07 Å². The number of thiocarbonyl (C=S) groups is 1. The number of nitrogens with one attached hydrogen (secondary N) is 1. The number of hydrazone groups is 1. The molecule has 3 nitrogen and oxygen atoms in total. The summed E-state index contributed by atoms with van der Waals surface area (Å²) in [5.74, 6) is -0.525. The first-order valence-electron chi connectivity index (χ1n) is 3.64. The molecule has 0 amide bonds. The summed E-state index contributed by atoms with van der Waals surface area (Å²) in [6.07, 6.45) is 1.25. The molecule has 0 saturated carbocycles. The molecule has 0 unspecified atom stereocenters. The van der Waals surface area contributed by atoms with Crippen LogP contribution < -0.4 is 11.2 Å². The molecule has 6 heteroatoms. The van der Waals surface area contributed by atoms with E-state index in [2.05, 4.69) is 22.7 Å². The van der Waals surface area contributed by atoms with Gasteiger partial charge in [-0.1, -0.05) is 23.7 Å². The number of nitrogens with two attached hydrogens (primary N) is 1. The first kappa shape index (κ1) is 10.9. The second kappa shape index (κ2) is 4.88. The van der Waals surface area contributed by atoms with Crippen molar-refractivity contribution in [1.82, 2.24) is 5.43 Å². The second-order valence-corrected chi connectivity index (χ2v) is 3.22. The van der Waals surface area contributed by atoms with Crippen LogP contribution in [0, 0.1) is 5.82 Å². The Hall–Kier alpha value is -1.20. The van der Waals surface area contributed by atoms with Crippen molar-refractivity contribution >= 4 is 35.1 Å².